The molecule has 0 heterocycles. The minimum atomic E-state index is 0.665. The van der Waals surface area contributed by atoms with Gasteiger partial charge in [-0.15, -0.1) is 0 Å². The maximum absolute atomic E-state index is 8.63. The van der Waals surface area contributed by atoms with E-state index in [1.807, 2.05) is 12.1 Å². The van der Waals surface area contributed by atoms with Crippen LogP contribution < -0.4 is 4.74 Å². The molecule has 0 saturated heterocycles. The summed E-state index contributed by atoms with van der Waals surface area (Å²) in [7, 11) is 2.10. The third kappa shape index (κ3) is 4.33. The van der Waals surface area contributed by atoms with E-state index in [0.29, 0.717) is 5.56 Å². The SMILES string of the molecule is CCN(C)CCCOc1ccc(C#N)cc1. The van der Waals surface area contributed by atoms with Gasteiger partial charge in [0.15, 0.2) is 0 Å². The van der Waals surface area contributed by atoms with Crippen LogP contribution in [-0.2, 0) is 0 Å². The lowest BCUT2D eigenvalue weighted by atomic mass is 10.2. The summed E-state index contributed by atoms with van der Waals surface area (Å²) in [5, 5.41) is 8.63. The normalized spacial score (nSPS) is 10.1. The molecule has 0 aromatic heterocycles. The Morgan fingerprint density at radius 2 is 2.00 bits per heavy atom. The fourth-order valence-corrected chi connectivity index (χ4v) is 1.31. The summed E-state index contributed by atoms with van der Waals surface area (Å²) in [5.41, 5.74) is 0.665. The van der Waals surface area contributed by atoms with Crippen molar-refractivity contribution in [2.45, 2.75) is 13.3 Å². The summed E-state index contributed by atoms with van der Waals surface area (Å²) in [6.07, 6.45) is 1.02. The molecule has 3 nitrogen and oxygen atoms in total. The minimum absolute atomic E-state index is 0.665. The summed E-state index contributed by atoms with van der Waals surface area (Å²) in [6, 6.07) is 9.30. The Kier molecular flexibility index (Phi) is 5.38. The molecular formula is C13H18N2O. The van der Waals surface area contributed by atoms with E-state index in [1.54, 1.807) is 12.1 Å². The summed E-state index contributed by atoms with van der Waals surface area (Å²) < 4.78 is 5.56. The van der Waals surface area contributed by atoms with Crippen molar-refractivity contribution in [2.75, 3.05) is 26.7 Å². The largest absolute Gasteiger partial charge is 0.494 e. The van der Waals surface area contributed by atoms with Gasteiger partial charge in [0.05, 0.1) is 18.2 Å². The second kappa shape index (κ2) is 6.86. The maximum Gasteiger partial charge on any atom is 0.119 e. The first kappa shape index (κ1) is 12.5. The molecule has 1 aromatic rings. The van der Waals surface area contributed by atoms with Gasteiger partial charge < -0.3 is 9.64 Å². The number of ether oxygens (including phenoxy) is 1. The highest BCUT2D eigenvalue weighted by Crippen LogP contribution is 2.11. The van der Waals surface area contributed by atoms with E-state index in [9.17, 15) is 0 Å². The van der Waals surface area contributed by atoms with Gasteiger partial charge in [0.1, 0.15) is 5.75 Å². The van der Waals surface area contributed by atoms with Crippen molar-refractivity contribution < 1.29 is 4.74 Å². The van der Waals surface area contributed by atoms with Crippen LogP contribution in [0.15, 0.2) is 24.3 Å². The van der Waals surface area contributed by atoms with Gasteiger partial charge in [0.2, 0.25) is 0 Å². The molecule has 1 aromatic carbocycles. The van der Waals surface area contributed by atoms with Crippen molar-refractivity contribution in [3.63, 3.8) is 0 Å². The highest BCUT2D eigenvalue weighted by molar-refractivity contribution is 5.34. The first-order chi connectivity index (χ1) is 7.76. The lowest BCUT2D eigenvalue weighted by molar-refractivity contribution is 0.268. The van der Waals surface area contributed by atoms with E-state index in [4.69, 9.17) is 10.00 Å². The number of nitriles is 1. The van der Waals surface area contributed by atoms with Crippen molar-refractivity contribution in [3.8, 4) is 11.8 Å². The Balaban J connectivity index is 2.25. The fraction of sp³-hybridized carbons (Fsp3) is 0.462. The van der Waals surface area contributed by atoms with Crippen LogP contribution in [-0.4, -0.2) is 31.6 Å². The Morgan fingerprint density at radius 1 is 1.31 bits per heavy atom. The second-order valence-corrected chi connectivity index (χ2v) is 3.73. The van der Waals surface area contributed by atoms with Crippen LogP contribution in [0.5, 0.6) is 5.75 Å². The van der Waals surface area contributed by atoms with Crippen molar-refractivity contribution in [1.29, 1.82) is 5.26 Å². The average molecular weight is 218 g/mol. The van der Waals surface area contributed by atoms with Crippen LogP contribution in [0.1, 0.15) is 18.9 Å². The molecule has 3 heteroatoms. The van der Waals surface area contributed by atoms with Gasteiger partial charge in [-0.2, -0.15) is 5.26 Å². The predicted octanol–water partition coefficient (Wildman–Crippen LogP) is 2.28. The molecule has 0 aliphatic rings. The van der Waals surface area contributed by atoms with Gasteiger partial charge in [-0.25, -0.2) is 0 Å². The first-order valence-electron chi connectivity index (χ1n) is 5.57. The number of hydrogen-bond donors (Lipinski definition) is 0. The molecule has 0 atom stereocenters. The Labute approximate surface area is 97.3 Å². The van der Waals surface area contributed by atoms with Gasteiger partial charge in [-0.3, -0.25) is 0 Å². The number of rotatable bonds is 6. The monoisotopic (exact) mass is 218 g/mol. The highest BCUT2D eigenvalue weighted by atomic mass is 16.5. The van der Waals surface area contributed by atoms with E-state index in [0.717, 1.165) is 31.9 Å². The molecule has 0 aliphatic heterocycles. The Hall–Kier alpha value is -1.53. The molecule has 0 saturated carbocycles. The molecular weight excluding hydrogens is 200 g/mol. The molecule has 0 amide bonds. The summed E-state index contributed by atoms with van der Waals surface area (Å²) in [6.45, 7) is 4.97. The molecule has 0 spiro atoms. The van der Waals surface area contributed by atoms with Crippen LogP contribution >= 0.6 is 0 Å². The van der Waals surface area contributed by atoms with Gasteiger partial charge in [-0.05, 0) is 44.3 Å². The lowest BCUT2D eigenvalue weighted by Crippen LogP contribution is -2.20. The number of hydrogen-bond acceptors (Lipinski definition) is 3. The predicted molar refractivity (Wildman–Crippen MR) is 64.4 cm³/mol. The van der Waals surface area contributed by atoms with E-state index < -0.39 is 0 Å². The molecule has 0 N–H and O–H groups in total. The van der Waals surface area contributed by atoms with Crippen LogP contribution in [0.25, 0.3) is 0 Å². The standard InChI is InChI=1S/C13H18N2O/c1-3-15(2)9-4-10-16-13-7-5-12(11-14)6-8-13/h5-8H,3-4,9-10H2,1-2H3. The topological polar surface area (TPSA) is 36.3 Å². The van der Waals surface area contributed by atoms with Crippen molar-refractivity contribution in [1.82, 2.24) is 4.90 Å². The van der Waals surface area contributed by atoms with Crippen molar-refractivity contribution in [3.05, 3.63) is 29.8 Å². The summed E-state index contributed by atoms with van der Waals surface area (Å²) in [5.74, 6) is 0.832. The quantitative estimate of drug-likeness (QED) is 0.687. The molecule has 86 valence electrons. The molecule has 16 heavy (non-hydrogen) atoms. The molecule has 0 radical (unpaired) electrons. The fourth-order valence-electron chi connectivity index (χ4n) is 1.31. The van der Waals surface area contributed by atoms with E-state index in [1.165, 1.54) is 0 Å². The zero-order valence-corrected chi connectivity index (χ0v) is 9.94. The van der Waals surface area contributed by atoms with Gasteiger partial charge in [0, 0.05) is 6.54 Å². The van der Waals surface area contributed by atoms with Crippen molar-refractivity contribution in [2.24, 2.45) is 0 Å². The van der Waals surface area contributed by atoms with E-state index >= 15 is 0 Å². The van der Waals surface area contributed by atoms with Gasteiger partial charge >= 0.3 is 0 Å². The zero-order valence-electron chi connectivity index (χ0n) is 9.94. The first-order valence-corrected chi connectivity index (χ1v) is 5.57. The lowest BCUT2D eigenvalue weighted by Gasteiger charge is -2.13. The summed E-state index contributed by atoms with van der Waals surface area (Å²) in [4.78, 5) is 2.25. The zero-order chi connectivity index (χ0) is 11.8. The third-order valence-electron chi connectivity index (χ3n) is 2.48. The van der Waals surface area contributed by atoms with Crippen molar-refractivity contribution >= 4 is 0 Å². The number of benzene rings is 1. The van der Waals surface area contributed by atoms with Crippen LogP contribution in [0.3, 0.4) is 0 Å². The molecule has 0 fully saturated rings. The molecule has 0 unspecified atom stereocenters. The average Bonchev–Trinajstić information content (AvgIpc) is 2.35. The Morgan fingerprint density at radius 3 is 2.56 bits per heavy atom. The second-order valence-electron chi connectivity index (χ2n) is 3.73. The van der Waals surface area contributed by atoms with Gasteiger partial charge in [-0.1, -0.05) is 6.92 Å². The molecule has 1 rings (SSSR count). The van der Waals surface area contributed by atoms with Crippen LogP contribution in [0.2, 0.25) is 0 Å². The molecule has 0 bridgehead atoms. The molecule has 0 aliphatic carbocycles. The highest BCUT2D eigenvalue weighted by Gasteiger charge is 1.96. The van der Waals surface area contributed by atoms with Gasteiger partial charge in [0.25, 0.3) is 0 Å². The number of nitrogens with zero attached hydrogens (tertiary/aromatic N) is 2. The van der Waals surface area contributed by atoms with E-state index in [-0.39, 0.29) is 0 Å². The smallest absolute Gasteiger partial charge is 0.119 e. The summed E-state index contributed by atoms with van der Waals surface area (Å²) >= 11 is 0. The Bertz CT molecular complexity index is 340. The third-order valence-corrected chi connectivity index (χ3v) is 2.48. The minimum Gasteiger partial charge on any atom is -0.494 e. The van der Waals surface area contributed by atoms with E-state index in [2.05, 4.69) is 24.9 Å². The maximum atomic E-state index is 8.63. The van der Waals surface area contributed by atoms with Crippen LogP contribution in [0, 0.1) is 11.3 Å². The van der Waals surface area contributed by atoms with Crippen LogP contribution in [0.4, 0.5) is 0 Å².